The Hall–Kier alpha value is -1.84. The van der Waals surface area contributed by atoms with E-state index in [9.17, 15) is 9.59 Å². The van der Waals surface area contributed by atoms with Gasteiger partial charge in [-0.15, -0.1) is 0 Å². The van der Waals surface area contributed by atoms with Crippen LogP contribution in [0.3, 0.4) is 0 Å². The molecule has 4 nitrogen and oxygen atoms in total. The van der Waals surface area contributed by atoms with Crippen molar-refractivity contribution in [2.75, 3.05) is 6.54 Å². The summed E-state index contributed by atoms with van der Waals surface area (Å²) in [4.78, 5) is 26.9. The lowest BCUT2D eigenvalue weighted by atomic mass is 9.93. The standard InChI is InChI=1S/C17H24N2O2/c1-4-5-9-12-19-14(13-10-7-6-8-11-13)15(20)18-17(2,3)16(19)21/h6-8,10-11,14H,4-5,9,12H2,1-3H3,(H,18,20). The summed E-state index contributed by atoms with van der Waals surface area (Å²) in [5, 5.41) is 2.84. The molecule has 1 saturated heterocycles. The van der Waals surface area contributed by atoms with Crippen molar-refractivity contribution in [2.45, 2.75) is 51.6 Å². The largest absolute Gasteiger partial charge is 0.340 e. The smallest absolute Gasteiger partial charge is 0.248 e. The van der Waals surface area contributed by atoms with Crippen LogP contribution >= 0.6 is 0 Å². The first kappa shape index (κ1) is 15.5. The number of hydrogen-bond donors (Lipinski definition) is 1. The fraction of sp³-hybridized carbons (Fsp3) is 0.529. The van der Waals surface area contributed by atoms with E-state index in [1.54, 1.807) is 18.7 Å². The molecule has 1 aromatic carbocycles. The molecule has 0 saturated carbocycles. The van der Waals surface area contributed by atoms with Crippen LogP contribution in [-0.2, 0) is 9.59 Å². The number of nitrogens with one attached hydrogen (secondary N) is 1. The summed E-state index contributed by atoms with van der Waals surface area (Å²) in [7, 11) is 0. The zero-order valence-electron chi connectivity index (χ0n) is 13.1. The predicted molar refractivity (Wildman–Crippen MR) is 82.6 cm³/mol. The number of carbonyl (C=O) groups excluding carboxylic acids is 2. The van der Waals surface area contributed by atoms with Gasteiger partial charge < -0.3 is 10.2 Å². The Bertz CT molecular complexity index is 511. The summed E-state index contributed by atoms with van der Waals surface area (Å²) in [6, 6.07) is 9.01. The second-order valence-electron chi connectivity index (χ2n) is 6.13. The highest BCUT2D eigenvalue weighted by Crippen LogP contribution is 2.29. The van der Waals surface area contributed by atoms with E-state index in [2.05, 4.69) is 12.2 Å². The lowest BCUT2D eigenvalue weighted by molar-refractivity contribution is -0.153. The molecule has 4 heteroatoms. The number of unbranched alkanes of at least 4 members (excludes halogenated alkanes) is 2. The highest BCUT2D eigenvalue weighted by molar-refractivity contribution is 5.99. The van der Waals surface area contributed by atoms with Crippen LogP contribution in [0.25, 0.3) is 0 Å². The van der Waals surface area contributed by atoms with Gasteiger partial charge in [0.05, 0.1) is 0 Å². The first-order chi connectivity index (χ1) is 9.97. The van der Waals surface area contributed by atoms with Crippen LogP contribution in [0.2, 0.25) is 0 Å². The van der Waals surface area contributed by atoms with Crippen molar-refractivity contribution in [3.8, 4) is 0 Å². The maximum atomic E-state index is 12.7. The van der Waals surface area contributed by atoms with E-state index in [0.29, 0.717) is 6.54 Å². The lowest BCUT2D eigenvalue weighted by Gasteiger charge is -2.43. The van der Waals surface area contributed by atoms with E-state index in [0.717, 1.165) is 24.8 Å². The molecule has 2 amide bonds. The third kappa shape index (κ3) is 3.26. The number of nitrogens with zero attached hydrogens (tertiary/aromatic N) is 1. The van der Waals surface area contributed by atoms with Crippen molar-refractivity contribution in [2.24, 2.45) is 0 Å². The minimum Gasteiger partial charge on any atom is -0.340 e. The van der Waals surface area contributed by atoms with Crippen molar-refractivity contribution in [1.29, 1.82) is 0 Å². The fourth-order valence-corrected chi connectivity index (χ4v) is 2.78. The molecular weight excluding hydrogens is 264 g/mol. The highest BCUT2D eigenvalue weighted by atomic mass is 16.2. The maximum absolute atomic E-state index is 12.7. The van der Waals surface area contributed by atoms with Crippen LogP contribution in [0.5, 0.6) is 0 Å². The topological polar surface area (TPSA) is 49.4 Å². The average Bonchev–Trinajstić information content (AvgIpc) is 2.45. The Kier molecular flexibility index (Phi) is 4.66. The monoisotopic (exact) mass is 288 g/mol. The maximum Gasteiger partial charge on any atom is 0.248 e. The Morgan fingerprint density at radius 3 is 2.43 bits per heavy atom. The van der Waals surface area contributed by atoms with E-state index in [1.165, 1.54) is 0 Å². The second kappa shape index (κ2) is 6.29. The van der Waals surface area contributed by atoms with Crippen molar-refractivity contribution >= 4 is 11.8 Å². The van der Waals surface area contributed by atoms with Gasteiger partial charge in [-0.2, -0.15) is 0 Å². The minimum absolute atomic E-state index is 0.00736. The van der Waals surface area contributed by atoms with Gasteiger partial charge in [-0.3, -0.25) is 9.59 Å². The zero-order chi connectivity index (χ0) is 15.5. The average molecular weight is 288 g/mol. The molecule has 1 atom stereocenters. The Morgan fingerprint density at radius 2 is 1.81 bits per heavy atom. The molecule has 0 aliphatic carbocycles. The van der Waals surface area contributed by atoms with Gasteiger partial charge in [0.25, 0.3) is 0 Å². The summed E-state index contributed by atoms with van der Waals surface area (Å²) in [5.41, 5.74) is 0.0459. The fourth-order valence-electron chi connectivity index (χ4n) is 2.78. The number of amides is 2. The third-order valence-corrected chi connectivity index (χ3v) is 3.91. The lowest BCUT2D eigenvalue weighted by Crippen LogP contribution is -2.64. The van der Waals surface area contributed by atoms with E-state index in [4.69, 9.17) is 0 Å². The van der Waals surface area contributed by atoms with Crippen molar-refractivity contribution in [1.82, 2.24) is 10.2 Å². The van der Waals surface area contributed by atoms with Crippen LogP contribution < -0.4 is 5.32 Å². The quantitative estimate of drug-likeness (QED) is 0.847. The predicted octanol–water partition coefficient (Wildman–Crippen LogP) is 2.65. The highest BCUT2D eigenvalue weighted by Gasteiger charge is 2.45. The normalized spacial score (nSPS) is 21.3. The number of benzene rings is 1. The van der Waals surface area contributed by atoms with Gasteiger partial charge in [0.15, 0.2) is 0 Å². The molecule has 1 aromatic rings. The van der Waals surface area contributed by atoms with Crippen LogP contribution in [0.15, 0.2) is 30.3 Å². The van der Waals surface area contributed by atoms with Gasteiger partial charge in [0.2, 0.25) is 11.8 Å². The first-order valence-electron chi connectivity index (χ1n) is 7.65. The number of rotatable bonds is 5. The molecule has 1 unspecified atom stereocenters. The molecule has 1 N–H and O–H groups in total. The summed E-state index contributed by atoms with van der Waals surface area (Å²) in [6.07, 6.45) is 3.08. The minimum atomic E-state index is -0.825. The van der Waals surface area contributed by atoms with E-state index < -0.39 is 11.6 Å². The SMILES string of the molecule is CCCCCN1C(=O)C(C)(C)NC(=O)C1c1ccccc1. The van der Waals surface area contributed by atoms with Gasteiger partial charge in [-0.25, -0.2) is 0 Å². The molecule has 2 rings (SSSR count). The number of hydrogen-bond acceptors (Lipinski definition) is 2. The van der Waals surface area contributed by atoms with Gasteiger partial charge >= 0.3 is 0 Å². The van der Waals surface area contributed by atoms with Gasteiger partial charge in [0.1, 0.15) is 11.6 Å². The number of carbonyl (C=O) groups is 2. The molecule has 0 bridgehead atoms. The summed E-state index contributed by atoms with van der Waals surface area (Å²) >= 11 is 0. The second-order valence-corrected chi connectivity index (χ2v) is 6.13. The molecule has 1 heterocycles. The van der Waals surface area contributed by atoms with Crippen molar-refractivity contribution in [3.05, 3.63) is 35.9 Å². The van der Waals surface area contributed by atoms with E-state index in [1.807, 2.05) is 30.3 Å². The number of piperazine rings is 1. The van der Waals surface area contributed by atoms with Gasteiger partial charge in [-0.05, 0) is 25.8 Å². The van der Waals surface area contributed by atoms with Crippen molar-refractivity contribution < 1.29 is 9.59 Å². The molecule has 0 aromatic heterocycles. The molecular formula is C17H24N2O2. The summed E-state index contributed by atoms with van der Waals surface area (Å²) < 4.78 is 0. The molecule has 0 radical (unpaired) electrons. The molecule has 1 aliphatic heterocycles. The molecule has 1 aliphatic rings. The van der Waals surface area contributed by atoms with Crippen molar-refractivity contribution in [3.63, 3.8) is 0 Å². The molecule has 1 fully saturated rings. The van der Waals surface area contributed by atoms with Crippen LogP contribution in [0.4, 0.5) is 0 Å². The van der Waals surface area contributed by atoms with E-state index >= 15 is 0 Å². The Morgan fingerprint density at radius 1 is 1.14 bits per heavy atom. The first-order valence-corrected chi connectivity index (χ1v) is 7.65. The Labute approximate surface area is 126 Å². The van der Waals surface area contributed by atoms with Crippen LogP contribution in [0, 0.1) is 0 Å². The van der Waals surface area contributed by atoms with Crippen LogP contribution in [0.1, 0.15) is 51.6 Å². The third-order valence-electron chi connectivity index (χ3n) is 3.91. The Balaban J connectivity index is 2.30. The summed E-state index contributed by atoms with van der Waals surface area (Å²) in [6.45, 7) is 6.29. The zero-order valence-corrected chi connectivity index (χ0v) is 13.1. The molecule has 114 valence electrons. The van der Waals surface area contributed by atoms with Gasteiger partial charge in [-0.1, -0.05) is 50.1 Å². The molecule has 21 heavy (non-hydrogen) atoms. The van der Waals surface area contributed by atoms with Gasteiger partial charge in [0, 0.05) is 6.54 Å². The van der Waals surface area contributed by atoms with E-state index in [-0.39, 0.29) is 11.8 Å². The molecule has 0 spiro atoms. The van der Waals surface area contributed by atoms with Crippen LogP contribution in [-0.4, -0.2) is 28.8 Å². The summed E-state index contributed by atoms with van der Waals surface area (Å²) in [5.74, 6) is -0.102.